The molecule has 14 heavy (non-hydrogen) atoms. The van der Waals surface area contributed by atoms with Crippen LogP contribution >= 0.6 is 0 Å². The van der Waals surface area contributed by atoms with E-state index in [0.29, 0.717) is 18.7 Å². The van der Waals surface area contributed by atoms with Crippen LogP contribution in [0, 0.1) is 0 Å². The summed E-state index contributed by atoms with van der Waals surface area (Å²) in [5.74, 6) is -0.427. The largest absolute Gasteiger partial charge is 0.495 e. The zero-order valence-corrected chi connectivity index (χ0v) is 7.85. The summed E-state index contributed by atoms with van der Waals surface area (Å²) in [6.07, 6.45) is 4.92. The molecule has 0 aliphatic rings. The maximum Gasteiger partial charge on any atom is 0.254 e. The third kappa shape index (κ3) is 2.90. The van der Waals surface area contributed by atoms with Crippen LogP contribution in [-0.4, -0.2) is 12.5 Å². The van der Waals surface area contributed by atoms with Crippen LogP contribution in [0.15, 0.2) is 37.4 Å². The number of pyridine rings is 1. The first kappa shape index (κ1) is 10.2. The average molecular weight is 193 g/mol. The molecule has 0 atom stereocenters. The monoisotopic (exact) mass is 193 g/mol. The van der Waals surface area contributed by atoms with E-state index in [2.05, 4.69) is 6.58 Å². The smallest absolute Gasteiger partial charge is 0.254 e. The molecule has 0 aliphatic heterocycles. The van der Waals surface area contributed by atoms with E-state index in [1.165, 1.54) is 6.26 Å². The number of amides is 1. The first-order valence-corrected chi connectivity index (χ1v) is 4.25. The molecule has 0 aromatic carbocycles. The van der Waals surface area contributed by atoms with E-state index in [1.54, 1.807) is 18.3 Å². The Morgan fingerprint density at radius 2 is 2.50 bits per heavy atom. The van der Waals surface area contributed by atoms with Crippen molar-refractivity contribution < 1.29 is 14.1 Å². The van der Waals surface area contributed by atoms with E-state index < -0.39 is 5.91 Å². The molecule has 0 saturated carbocycles. The molecule has 1 rings (SSSR count). The number of nitrogens with two attached hydrogens (primary N) is 1. The van der Waals surface area contributed by atoms with Gasteiger partial charge in [0.25, 0.3) is 5.91 Å². The minimum Gasteiger partial charge on any atom is -0.495 e. The summed E-state index contributed by atoms with van der Waals surface area (Å²) in [6.45, 7) is 4.62. The van der Waals surface area contributed by atoms with Gasteiger partial charge in [-0.15, -0.1) is 0 Å². The summed E-state index contributed by atoms with van der Waals surface area (Å²) >= 11 is 0. The Balaban J connectivity index is 2.63. The van der Waals surface area contributed by atoms with E-state index in [1.807, 2.05) is 10.8 Å². The van der Waals surface area contributed by atoms with Gasteiger partial charge in [0.15, 0.2) is 18.9 Å². The number of aromatic nitrogens is 1. The van der Waals surface area contributed by atoms with Crippen LogP contribution in [0.4, 0.5) is 0 Å². The summed E-state index contributed by atoms with van der Waals surface area (Å²) in [7, 11) is 0. The lowest BCUT2D eigenvalue weighted by Gasteiger charge is -1.98. The average Bonchev–Trinajstić information content (AvgIpc) is 2.19. The standard InChI is InChI=1S/C10H12N2O2/c1-2-14-7-6-12-5-3-4-9(8-12)10(11)13/h2-5,8H,1,6-7H2,(H-,11,13)/p+1. The van der Waals surface area contributed by atoms with Gasteiger partial charge in [-0.1, -0.05) is 6.58 Å². The quantitative estimate of drug-likeness (QED) is 0.413. The molecule has 0 bridgehead atoms. The van der Waals surface area contributed by atoms with Crippen molar-refractivity contribution in [2.45, 2.75) is 6.54 Å². The minimum absolute atomic E-state index is 0.427. The first-order chi connectivity index (χ1) is 6.74. The van der Waals surface area contributed by atoms with Crippen LogP contribution < -0.4 is 10.3 Å². The fourth-order valence-corrected chi connectivity index (χ4v) is 1.05. The van der Waals surface area contributed by atoms with Crippen LogP contribution in [-0.2, 0) is 11.3 Å². The van der Waals surface area contributed by atoms with Gasteiger partial charge in [-0.25, -0.2) is 4.57 Å². The zero-order valence-electron chi connectivity index (χ0n) is 7.85. The van der Waals surface area contributed by atoms with Gasteiger partial charge in [0.05, 0.1) is 6.26 Å². The lowest BCUT2D eigenvalue weighted by atomic mass is 10.3. The van der Waals surface area contributed by atoms with Gasteiger partial charge in [0.2, 0.25) is 0 Å². The van der Waals surface area contributed by atoms with Crippen molar-refractivity contribution in [2.24, 2.45) is 5.73 Å². The van der Waals surface area contributed by atoms with Crippen molar-refractivity contribution in [3.8, 4) is 0 Å². The number of carbonyl (C=O) groups is 1. The van der Waals surface area contributed by atoms with Gasteiger partial charge < -0.3 is 10.5 Å². The van der Waals surface area contributed by atoms with Crippen molar-refractivity contribution in [3.63, 3.8) is 0 Å². The van der Waals surface area contributed by atoms with Crippen LogP contribution in [0.5, 0.6) is 0 Å². The van der Waals surface area contributed by atoms with Crippen molar-refractivity contribution in [3.05, 3.63) is 42.9 Å². The van der Waals surface area contributed by atoms with Crippen LogP contribution in [0.1, 0.15) is 10.4 Å². The van der Waals surface area contributed by atoms with E-state index >= 15 is 0 Å². The van der Waals surface area contributed by atoms with Crippen molar-refractivity contribution in [1.82, 2.24) is 0 Å². The summed E-state index contributed by atoms with van der Waals surface area (Å²) in [4.78, 5) is 10.8. The Kier molecular flexibility index (Phi) is 3.67. The predicted molar refractivity (Wildman–Crippen MR) is 51.3 cm³/mol. The molecule has 1 heterocycles. The van der Waals surface area contributed by atoms with Gasteiger partial charge in [0, 0.05) is 6.07 Å². The van der Waals surface area contributed by atoms with Crippen molar-refractivity contribution in [1.29, 1.82) is 0 Å². The van der Waals surface area contributed by atoms with Crippen LogP contribution in [0.3, 0.4) is 0 Å². The third-order valence-electron chi connectivity index (χ3n) is 1.73. The molecule has 0 spiro atoms. The number of nitrogens with zero attached hydrogens (tertiary/aromatic N) is 1. The topological polar surface area (TPSA) is 56.2 Å². The predicted octanol–water partition coefficient (Wildman–Crippen LogP) is 0.233. The highest BCUT2D eigenvalue weighted by atomic mass is 16.5. The van der Waals surface area contributed by atoms with Crippen LogP contribution in [0.25, 0.3) is 0 Å². The molecular weight excluding hydrogens is 180 g/mol. The Bertz CT molecular complexity index is 337. The number of hydrogen-bond donors (Lipinski definition) is 1. The van der Waals surface area contributed by atoms with E-state index in [-0.39, 0.29) is 0 Å². The molecule has 0 saturated heterocycles. The fourth-order valence-electron chi connectivity index (χ4n) is 1.05. The van der Waals surface area contributed by atoms with Crippen molar-refractivity contribution >= 4 is 5.91 Å². The number of ether oxygens (including phenoxy) is 1. The highest BCUT2D eigenvalue weighted by molar-refractivity contribution is 5.92. The van der Waals surface area contributed by atoms with Crippen LogP contribution in [0.2, 0.25) is 0 Å². The molecule has 74 valence electrons. The zero-order chi connectivity index (χ0) is 10.4. The molecule has 4 heteroatoms. The number of primary amides is 1. The minimum atomic E-state index is -0.427. The molecule has 0 aliphatic carbocycles. The lowest BCUT2D eigenvalue weighted by Crippen LogP contribution is -2.36. The van der Waals surface area contributed by atoms with Gasteiger partial charge in [-0.05, 0) is 6.07 Å². The molecule has 1 amide bonds. The molecule has 0 radical (unpaired) electrons. The Morgan fingerprint density at radius 3 is 3.14 bits per heavy atom. The molecule has 0 fully saturated rings. The second kappa shape index (κ2) is 5.01. The molecular formula is C10H13N2O2+. The van der Waals surface area contributed by atoms with Gasteiger partial charge in [-0.3, -0.25) is 4.79 Å². The SMILES string of the molecule is C=COCC[n+]1cccc(C(N)=O)c1. The van der Waals surface area contributed by atoms with E-state index in [9.17, 15) is 4.79 Å². The molecule has 0 unspecified atom stereocenters. The Labute approximate surface area is 82.6 Å². The summed E-state index contributed by atoms with van der Waals surface area (Å²) in [5, 5.41) is 0. The van der Waals surface area contributed by atoms with Gasteiger partial charge in [0.1, 0.15) is 12.2 Å². The van der Waals surface area contributed by atoms with Gasteiger partial charge >= 0.3 is 0 Å². The molecule has 2 N–H and O–H groups in total. The third-order valence-corrected chi connectivity index (χ3v) is 1.73. The normalized spacial score (nSPS) is 9.43. The second-order valence-corrected chi connectivity index (χ2v) is 2.73. The second-order valence-electron chi connectivity index (χ2n) is 2.73. The van der Waals surface area contributed by atoms with E-state index in [0.717, 1.165) is 0 Å². The lowest BCUT2D eigenvalue weighted by molar-refractivity contribution is -0.698. The molecule has 4 nitrogen and oxygen atoms in total. The highest BCUT2D eigenvalue weighted by Gasteiger charge is 2.06. The fraction of sp³-hybridized carbons (Fsp3) is 0.200. The number of hydrogen-bond acceptors (Lipinski definition) is 2. The number of rotatable bonds is 5. The maximum atomic E-state index is 10.8. The first-order valence-electron chi connectivity index (χ1n) is 4.25. The summed E-state index contributed by atoms with van der Waals surface area (Å²) in [5.41, 5.74) is 5.63. The molecule has 1 aromatic rings. The molecule has 1 aromatic heterocycles. The van der Waals surface area contributed by atoms with E-state index in [4.69, 9.17) is 10.5 Å². The maximum absolute atomic E-state index is 10.8. The Hall–Kier alpha value is -1.84. The highest BCUT2D eigenvalue weighted by Crippen LogP contribution is 1.91. The Morgan fingerprint density at radius 1 is 1.71 bits per heavy atom. The van der Waals surface area contributed by atoms with Gasteiger partial charge in [-0.2, -0.15) is 0 Å². The number of carbonyl (C=O) groups excluding carboxylic acids is 1. The summed E-state index contributed by atoms with van der Waals surface area (Å²) in [6, 6.07) is 3.45. The summed E-state index contributed by atoms with van der Waals surface area (Å²) < 4.78 is 6.80. The van der Waals surface area contributed by atoms with Crippen molar-refractivity contribution in [2.75, 3.05) is 6.61 Å².